The predicted molar refractivity (Wildman–Crippen MR) is 77.8 cm³/mol. The van der Waals surface area contributed by atoms with E-state index >= 15 is 0 Å². The van der Waals surface area contributed by atoms with E-state index in [1.807, 2.05) is 18.4 Å². The van der Waals surface area contributed by atoms with Crippen LogP contribution in [0.2, 0.25) is 5.02 Å². The van der Waals surface area contributed by atoms with Gasteiger partial charge in [-0.1, -0.05) is 17.7 Å². The lowest BCUT2D eigenvalue weighted by Gasteiger charge is -2.12. The molecule has 1 aromatic carbocycles. The fourth-order valence-corrected chi connectivity index (χ4v) is 2.67. The first-order valence-electron chi connectivity index (χ1n) is 5.94. The SMILES string of the molecule is Cc1ccsc1C(=O)NCC(O)c1ccc(Cl)c(F)c1. The maximum atomic E-state index is 13.3. The van der Waals surface area contributed by atoms with Gasteiger partial charge in [-0.2, -0.15) is 0 Å². The Morgan fingerprint density at radius 1 is 1.50 bits per heavy atom. The molecule has 0 saturated carbocycles. The van der Waals surface area contributed by atoms with Gasteiger partial charge < -0.3 is 10.4 Å². The van der Waals surface area contributed by atoms with Crippen molar-refractivity contribution in [1.82, 2.24) is 5.32 Å². The maximum absolute atomic E-state index is 13.3. The van der Waals surface area contributed by atoms with E-state index < -0.39 is 11.9 Å². The van der Waals surface area contributed by atoms with E-state index in [4.69, 9.17) is 11.6 Å². The van der Waals surface area contributed by atoms with Crippen LogP contribution in [0.3, 0.4) is 0 Å². The van der Waals surface area contributed by atoms with Crippen LogP contribution in [0.1, 0.15) is 26.9 Å². The van der Waals surface area contributed by atoms with E-state index in [9.17, 15) is 14.3 Å². The minimum absolute atomic E-state index is 0.000745. The number of benzene rings is 1. The summed E-state index contributed by atoms with van der Waals surface area (Å²) < 4.78 is 13.3. The lowest BCUT2D eigenvalue weighted by Crippen LogP contribution is -2.28. The molecule has 1 amide bonds. The highest BCUT2D eigenvalue weighted by Gasteiger charge is 2.14. The largest absolute Gasteiger partial charge is 0.387 e. The van der Waals surface area contributed by atoms with Crippen molar-refractivity contribution in [2.75, 3.05) is 6.54 Å². The molecule has 0 fully saturated rings. The molecule has 106 valence electrons. The Kier molecular flexibility index (Phi) is 4.75. The molecule has 1 aromatic heterocycles. The van der Waals surface area contributed by atoms with Gasteiger partial charge in [0.1, 0.15) is 5.82 Å². The van der Waals surface area contributed by atoms with E-state index in [0.29, 0.717) is 10.4 Å². The zero-order chi connectivity index (χ0) is 14.7. The highest BCUT2D eigenvalue weighted by molar-refractivity contribution is 7.12. The quantitative estimate of drug-likeness (QED) is 0.910. The van der Waals surface area contributed by atoms with Crippen LogP contribution in [0.25, 0.3) is 0 Å². The third-order valence-electron chi connectivity index (χ3n) is 2.85. The van der Waals surface area contributed by atoms with E-state index in [2.05, 4.69) is 5.32 Å². The van der Waals surface area contributed by atoms with Gasteiger partial charge in [-0.05, 0) is 41.6 Å². The number of nitrogens with one attached hydrogen (secondary N) is 1. The Bertz CT molecular complexity index is 629. The second-order valence-corrected chi connectivity index (χ2v) is 5.66. The van der Waals surface area contributed by atoms with Crippen LogP contribution in [0.15, 0.2) is 29.6 Å². The molecular formula is C14H13ClFNO2S. The molecule has 3 nitrogen and oxygen atoms in total. The average Bonchev–Trinajstić information content (AvgIpc) is 2.85. The van der Waals surface area contributed by atoms with Crippen LogP contribution in [0, 0.1) is 12.7 Å². The Morgan fingerprint density at radius 2 is 2.25 bits per heavy atom. The van der Waals surface area contributed by atoms with E-state index in [1.165, 1.54) is 23.5 Å². The molecule has 0 aliphatic heterocycles. The molecule has 2 N–H and O–H groups in total. The minimum atomic E-state index is -0.981. The maximum Gasteiger partial charge on any atom is 0.261 e. The molecule has 0 radical (unpaired) electrons. The van der Waals surface area contributed by atoms with Crippen molar-refractivity contribution in [2.24, 2.45) is 0 Å². The Labute approximate surface area is 125 Å². The molecule has 0 saturated heterocycles. The summed E-state index contributed by atoms with van der Waals surface area (Å²) in [5.74, 6) is -0.838. The molecule has 0 bridgehead atoms. The summed E-state index contributed by atoms with van der Waals surface area (Å²) in [6.07, 6.45) is -0.981. The van der Waals surface area contributed by atoms with Gasteiger partial charge in [0.05, 0.1) is 16.0 Å². The number of hydrogen-bond donors (Lipinski definition) is 2. The number of carbonyl (C=O) groups excluding carboxylic acids is 1. The van der Waals surface area contributed by atoms with Gasteiger partial charge in [0.15, 0.2) is 0 Å². The molecule has 20 heavy (non-hydrogen) atoms. The summed E-state index contributed by atoms with van der Waals surface area (Å²) in [6, 6.07) is 5.92. The first-order chi connectivity index (χ1) is 9.49. The van der Waals surface area contributed by atoms with E-state index in [-0.39, 0.29) is 17.5 Å². The molecule has 0 spiro atoms. The van der Waals surface area contributed by atoms with Crippen molar-refractivity contribution in [3.8, 4) is 0 Å². The third-order valence-corrected chi connectivity index (χ3v) is 4.17. The number of thiophene rings is 1. The smallest absolute Gasteiger partial charge is 0.261 e. The number of rotatable bonds is 4. The Hall–Kier alpha value is -1.43. The predicted octanol–water partition coefficient (Wildman–Crippen LogP) is 3.31. The summed E-state index contributed by atoms with van der Waals surface area (Å²) >= 11 is 6.91. The molecule has 1 unspecified atom stereocenters. The molecule has 6 heteroatoms. The van der Waals surface area contributed by atoms with Gasteiger partial charge in [-0.15, -0.1) is 11.3 Å². The van der Waals surface area contributed by atoms with Crippen molar-refractivity contribution in [2.45, 2.75) is 13.0 Å². The zero-order valence-electron chi connectivity index (χ0n) is 10.7. The van der Waals surface area contributed by atoms with Crippen LogP contribution in [-0.4, -0.2) is 17.6 Å². The summed E-state index contributed by atoms with van der Waals surface area (Å²) in [7, 11) is 0. The number of halogens is 2. The van der Waals surface area contributed by atoms with Crippen LogP contribution in [0.5, 0.6) is 0 Å². The van der Waals surface area contributed by atoms with Crippen molar-refractivity contribution in [1.29, 1.82) is 0 Å². The molecule has 0 aliphatic rings. The average molecular weight is 314 g/mol. The molecule has 1 atom stereocenters. The van der Waals surface area contributed by atoms with Crippen molar-refractivity contribution < 1.29 is 14.3 Å². The standard InChI is InChI=1S/C14H13ClFNO2S/c1-8-4-5-20-13(8)14(19)17-7-12(18)9-2-3-10(15)11(16)6-9/h2-6,12,18H,7H2,1H3,(H,17,19). The number of hydrogen-bond acceptors (Lipinski definition) is 3. The van der Waals surface area contributed by atoms with Crippen molar-refractivity contribution in [3.63, 3.8) is 0 Å². The molecule has 2 aromatic rings. The number of aliphatic hydroxyl groups is 1. The molecule has 0 aliphatic carbocycles. The van der Waals surface area contributed by atoms with E-state index in [0.717, 1.165) is 11.6 Å². The second kappa shape index (κ2) is 6.35. The van der Waals surface area contributed by atoms with Crippen molar-refractivity contribution in [3.05, 3.63) is 56.5 Å². The number of carbonyl (C=O) groups is 1. The number of aryl methyl sites for hydroxylation is 1. The van der Waals surface area contributed by atoms with Gasteiger partial charge in [-0.3, -0.25) is 4.79 Å². The van der Waals surface area contributed by atoms with Gasteiger partial charge in [0.25, 0.3) is 5.91 Å². The highest BCUT2D eigenvalue weighted by Crippen LogP contribution is 2.20. The molecule has 1 heterocycles. The first kappa shape index (κ1) is 15.0. The van der Waals surface area contributed by atoms with E-state index in [1.54, 1.807) is 0 Å². The third kappa shape index (κ3) is 3.36. The molecule has 2 rings (SSSR count). The lowest BCUT2D eigenvalue weighted by atomic mass is 10.1. The van der Waals surface area contributed by atoms with Crippen molar-refractivity contribution >= 4 is 28.8 Å². The van der Waals surface area contributed by atoms with Crippen LogP contribution < -0.4 is 5.32 Å². The monoisotopic (exact) mass is 313 g/mol. The van der Waals surface area contributed by atoms with Gasteiger partial charge in [0.2, 0.25) is 0 Å². The van der Waals surface area contributed by atoms with Crippen LogP contribution >= 0.6 is 22.9 Å². The van der Waals surface area contributed by atoms with Gasteiger partial charge in [-0.25, -0.2) is 4.39 Å². The highest BCUT2D eigenvalue weighted by atomic mass is 35.5. The van der Waals surface area contributed by atoms with Crippen LogP contribution in [0.4, 0.5) is 4.39 Å². The first-order valence-corrected chi connectivity index (χ1v) is 7.20. The summed E-state index contributed by atoms with van der Waals surface area (Å²) in [4.78, 5) is 12.5. The summed E-state index contributed by atoms with van der Waals surface area (Å²) in [6.45, 7) is 1.85. The van der Waals surface area contributed by atoms with Gasteiger partial charge >= 0.3 is 0 Å². The summed E-state index contributed by atoms with van der Waals surface area (Å²) in [5.41, 5.74) is 1.26. The normalized spacial score (nSPS) is 12.2. The topological polar surface area (TPSA) is 49.3 Å². The minimum Gasteiger partial charge on any atom is -0.387 e. The Balaban J connectivity index is 1.98. The number of amides is 1. The Morgan fingerprint density at radius 3 is 2.85 bits per heavy atom. The second-order valence-electron chi connectivity index (χ2n) is 4.33. The zero-order valence-corrected chi connectivity index (χ0v) is 12.3. The fourth-order valence-electron chi connectivity index (χ4n) is 1.71. The molecular weight excluding hydrogens is 301 g/mol. The van der Waals surface area contributed by atoms with Crippen LogP contribution in [-0.2, 0) is 0 Å². The summed E-state index contributed by atoms with van der Waals surface area (Å²) in [5, 5.41) is 14.4. The number of aliphatic hydroxyl groups excluding tert-OH is 1. The fraction of sp³-hybridized carbons (Fsp3) is 0.214. The van der Waals surface area contributed by atoms with Gasteiger partial charge in [0, 0.05) is 6.54 Å². The lowest BCUT2D eigenvalue weighted by molar-refractivity contribution is 0.0919.